The van der Waals surface area contributed by atoms with Crippen molar-refractivity contribution in [2.45, 2.75) is 45.6 Å². The fourth-order valence-corrected chi connectivity index (χ4v) is 3.28. The Balaban J connectivity index is 2.25. The Morgan fingerprint density at radius 1 is 1.27 bits per heavy atom. The fourth-order valence-electron chi connectivity index (χ4n) is 2.30. The van der Waals surface area contributed by atoms with Crippen LogP contribution >= 0.6 is 0 Å². The van der Waals surface area contributed by atoms with Crippen LogP contribution in [0.2, 0.25) is 0 Å². The molecule has 4 heteroatoms. The lowest BCUT2D eigenvalue weighted by atomic mass is 10.1. The van der Waals surface area contributed by atoms with E-state index in [0.29, 0.717) is 17.7 Å². The van der Waals surface area contributed by atoms with Gasteiger partial charge in [0, 0.05) is 11.8 Å². The highest BCUT2D eigenvalue weighted by Gasteiger charge is 2.24. The van der Waals surface area contributed by atoms with E-state index in [1.165, 1.54) is 12.8 Å². The molecule has 0 radical (unpaired) electrons. The first kappa shape index (κ1) is 13.0. The van der Waals surface area contributed by atoms with Crippen LogP contribution in [0, 0.1) is 5.92 Å². The molecule has 2 atom stereocenters. The second kappa shape index (κ2) is 5.85. The van der Waals surface area contributed by atoms with E-state index in [0.717, 1.165) is 19.4 Å². The molecule has 0 aromatic rings. The summed E-state index contributed by atoms with van der Waals surface area (Å²) in [4.78, 5) is 0. The Labute approximate surface area is 93.6 Å². The van der Waals surface area contributed by atoms with Gasteiger partial charge in [0.1, 0.15) is 9.84 Å². The molecule has 1 fully saturated rings. The van der Waals surface area contributed by atoms with Gasteiger partial charge in [-0.15, -0.1) is 0 Å². The van der Waals surface area contributed by atoms with Crippen LogP contribution in [-0.4, -0.2) is 32.5 Å². The molecule has 1 aliphatic rings. The van der Waals surface area contributed by atoms with Crippen LogP contribution in [0.4, 0.5) is 0 Å². The Morgan fingerprint density at radius 2 is 2.00 bits per heavy atom. The average Bonchev–Trinajstić information content (AvgIpc) is 2.64. The molecule has 0 spiro atoms. The van der Waals surface area contributed by atoms with Crippen LogP contribution in [0.5, 0.6) is 0 Å². The molecule has 0 aromatic heterocycles. The van der Waals surface area contributed by atoms with Gasteiger partial charge in [0.05, 0.1) is 5.75 Å². The molecule has 0 aromatic carbocycles. The minimum Gasteiger partial charge on any atom is -0.314 e. The highest BCUT2D eigenvalue weighted by atomic mass is 32.2. The summed E-state index contributed by atoms with van der Waals surface area (Å²) in [5, 5.41) is 3.44. The Kier molecular flexibility index (Phi) is 5.06. The lowest BCUT2D eigenvalue weighted by Gasteiger charge is -2.11. The monoisotopic (exact) mass is 233 g/mol. The van der Waals surface area contributed by atoms with E-state index in [9.17, 15) is 8.42 Å². The summed E-state index contributed by atoms with van der Waals surface area (Å²) in [6, 6.07) is 0.629. The lowest BCUT2D eigenvalue weighted by molar-refractivity contribution is 0.483. The third kappa shape index (κ3) is 4.51. The van der Waals surface area contributed by atoms with Crippen molar-refractivity contribution in [1.29, 1.82) is 0 Å². The SMILES string of the molecule is CCNC1CCC(CCS(=O)(=O)CC)C1. The summed E-state index contributed by atoms with van der Waals surface area (Å²) in [7, 11) is -2.76. The van der Waals surface area contributed by atoms with Gasteiger partial charge in [-0.05, 0) is 38.1 Å². The van der Waals surface area contributed by atoms with Gasteiger partial charge >= 0.3 is 0 Å². The predicted octanol–water partition coefficient (Wildman–Crippen LogP) is 1.59. The number of hydrogen-bond donors (Lipinski definition) is 1. The molecule has 0 heterocycles. The van der Waals surface area contributed by atoms with E-state index in [1.807, 2.05) is 0 Å². The minimum atomic E-state index is -2.76. The largest absolute Gasteiger partial charge is 0.314 e. The van der Waals surface area contributed by atoms with E-state index in [-0.39, 0.29) is 5.75 Å². The summed E-state index contributed by atoms with van der Waals surface area (Å²) < 4.78 is 22.7. The lowest BCUT2D eigenvalue weighted by Crippen LogP contribution is -2.26. The van der Waals surface area contributed by atoms with E-state index < -0.39 is 9.84 Å². The predicted molar refractivity (Wildman–Crippen MR) is 63.8 cm³/mol. The Hall–Kier alpha value is -0.0900. The van der Waals surface area contributed by atoms with Crippen LogP contribution < -0.4 is 5.32 Å². The van der Waals surface area contributed by atoms with E-state index in [4.69, 9.17) is 0 Å². The zero-order valence-electron chi connectivity index (χ0n) is 9.83. The van der Waals surface area contributed by atoms with Gasteiger partial charge in [-0.25, -0.2) is 8.42 Å². The minimum absolute atomic E-state index is 0.288. The van der Waals surface area contributed by atoms with Gasteiger partial charge < -0.3 is 5.32 Å². The van der Waals surface area contributed by atoms with Gasteiger partial charge in [-0.3, -0.25) is 0 Å². The Morgan fingerprint density at radius 3 is 2.60 bits per heavy atom. The maximum atomic E-state index is 11.3. The van der Waals surface area contributed by atoms with Crippen molar-refractivity contribution in [3.63, 3.8) is 0 Å². The van der Waals surface area contributed by atoms with Crippen molar-refractivity contribution in [3.05, 3.63) is 0 Å². The standard InChI is InChI=1S/C11H23NO2S/c1-3-12-11-6-5-10(9-11)7-8-15(13,14)4-2/h10-12H,3-9H2,1-2H3. The number of nitrogens with one attached hydrogen (secondary N) is 1. The normalized spacial score (nSPS) is 27.1. The third-order valence-electron chi connectivity index (χ3n) is 3.31. The molecule has 90 valence electrons. The molecule has 1 N–H and O–H groups in total. The molecular formula is C11H23NO2S. The summed E-state index contributed by atoms with van der Waals surface area (Å²) in [5.41, 5.74) is 0. The second-order valence-electron chi connectivity index (χ2n) is 4.46. The first-order valence-corrected chi connectivity index (χ1v) is 7.83. The Bertz CT molecular complexity index is 274. The zero-order valence-corrected chi connectivity index (χ0v) is 10.6. The number of rotatable bonds is 6. The van der Waals surface area contributed by atoms with Crippen LogP contribution in [0.25, 0.3) is 0 Å². The molecule has 1 aliphatic carbocycles. The van der Waals surface area contributed by atoms with E-state index in [1.54, 1.807) is 6.92 Å². The maximum Gasteiger partial charge on any atom is 0.150 e. The molecule has 0 bridgehead atoms. The highest BCUT2D eigenvalue weighted by molar-refractivity contribution is 7.91. The molecule has 1 rings (SSSR count). The quantitative estimate of drug-likeness (QED) is 0.758. The van der Waals surface area contributed by atoms with Crippen molar-refractivity contribution in [3.8, 4) is 0 Å². The van der Waals surface area contributed by atoms with Gasteiger partial charge in [-0.1, -0.05) is 13.8 Å². The van der Waals surface area contributed by atoms with Crippen molar-refractivity contribution < 1.29 is 8.42 Å². The summed E-state index contributed by atoms with van der Waals surface area (Å²) >= 11 is 0. The summed E-state index contributed by atoms with van der Waals surface area (Å²) in [6.45, 7) is 4.87. The molecule has 0 saturated heterocycles. The molecule has 0 aliphatic heterocycles. The molecule has 1 saturated carbocycles. The van der Waals surface area contributed by atoms with Crippen molar-refractivity contribution in [2.75, 3.05) is 18.1 Å². The smallest absolute Gasteiger partial charge is 0.150 e. The summed E-state index contributed by atoms with van der Waals surface area (Å²) in [5.74, 6) is 1.29. The molecule has 15 heavy (non-hydrogen) atoms. The number of hydrogen-bond acceptors (Lipinski definition) is 3. The van der Waals surface area contributed by atoms with Gasteiger partial charge in [0.25, 0.3) is 0 Å². The molecular weight excluding hydrogens is 210 g/mol. The van der Waals surface area contributed by atoms with Crippen molar-refractivity contribution >= 4 is 9.84 Å². The molecule has 0 amide bonds. The maximum absolute atomic E-state index is 11.3. The molecule has 2 unspecified atom stereocenters. The fraction of sp³-hybridized carbons (Fsp3) is 1.00. The van der Waals surface area contributed by atoms with E-state index >= 15 is 0 Å². The first-order chi connectivity index (χ1) is 7.07. The first-order valence-electron chi connectivity index (χ1n) is 6.01. The second-order valence-corrected chi connectivity index (χ2v) is 6.93. The number of sulfone groups is 1. The van der Waals surface area contributed by atoms with E-state index in [2.05, 4.69) is 12.2 Å². The van der Waals surface area contributed by atoms with Gasteiger partial charge in [0.2, 0.25) is 0 Å². The van der Waals surface area contributed by atoms with Crippen LogP contribution in [0.1, 0.15) is 39.5 Å². The topological polar surface area (TPSA) is 46.2 Å². The van der Waals surface area contributed by atoms with Crippen LogP contribution in [-0.2, 0) is 9.84 Å². The van der Waals surface area contributed by atoms with Crippen molar-refractivity contribution in [1.82, 2.24) is 5.32 Å². The third-order valence-corrected chi connectivity index (χ3v) is 5.05. The average molecular weight is 233 g/mol. The van der Waals surface area contributed by atoms with Crippen LogP contribution in [0.15, 0.2) is 0 Å². The van der Waals surface area contributed by atoms with Gasteiger partial charge in [-0.2, -0.15) is 0 Å². The highest BCUT2D eigenvalue weighted by Crippen LogP contribution is 2.28. The molecule has 3 nitrogen and oxygen atoms in total. The zero-order chi connectivity index (χ0) is 11.3. The van der Waals surface area contributed by atoms with Gasteiger partial charge in [0.15, 0.2) is 0 Å². The summed E-state index contributed by atoms with van der Waals surface area (Å²) in [6.07, 6.45) is 4.42. The van der Waals surface area contributed by atoms with Crippen LogP contribution in [0.3, 0.4) is 0 Å². The van der Waals surface area contributed by atoms with Crippen molar-refractivity contribution in [2.24, 2.45) is 5.92 Å².